The Bertz CT molecular complexity index is 268. The highest BCUT2D eigenvalue weighted by Gasteiger charge is 2.04. The molecule has 66 valence electrons. The molecule has 5 heteroatoms. The van der Waals surface area contributed by atoms with Gasteiger partial charge >= 0.3 is 0 Å². The zero-order valence-electron chi connectivity index (χ0n) is 7.20. The van der Waals surface area contributed by atoms with Crippen molar-refractivity contribution in [1.29, 1.82) is 0 Å². The van der Waals surface area contributed by atoms with Gasteiger partial charge in [-0.05, 0) is 12.5 Å². The first-order valence-corrected chi connectivity index (χ1v) is 5.76. The van der Waals surface area contributed by atoms with E-state index in [4.69, 9.17) is 4.74 Å². The summed E-state index contributed by atoms with van der Waals surface area (Å²) in [6.07, 6.45) is 3.91. The van der Waals surface area contributed by atoms with Gasteiger partial charge < -0.3 is 4.74 Å². The molecule has 0 amide bonds. The molecule has 0 unspecified atom stereocenters. The van der Waals surface area contributed by atoms with Crippen molar-refractivity contribution in [3.05, 3.63) is 6.07 Å². The van der Waals surface area contributed by atoms with Crippen LogP contribution in [0.2, 0.25) is 0 Å². The molecule has 12 heavy (non-hydrogen) atoms. The first kappa shape index (κ1) is 9.67. The van der Waals surface area contributed by atoms with Gasteiger partial charge in [-0.15, -0.1) is 33.7 Å². The summed E-state index contributed by atoms with van der Waals surface area (Å²) in [6, 6.07) is 1.89. The van der Waals surface area contributed by atoms with Crippen molar-refractivity contribution in [2.24, 2.45) is 0 Å². The average molecular weight is 202 g/mol. The summed E-state index contributed by atoms with van der Waals surface area (Å²) in [5.74, 6) is 0.793. The van der Waals surface area contributed by atoms with Gasteiger partial charge in [0.05, 0.1) is 7.11 Å². The molecule has 0 saturated heterocycles. The second-order valence-corrected chi connectivity index (χ2v) is 3.59. The SMILES string of the molecule is COc1cc(SC)nnc1SC. The molecule has 0 bridgehead atoms. The fourth-order valence-electron chi connectivity index (χ4n) is 0.734. The smallest absolute Gasteiger partial charge is 0.161 e. The van der Waals surface area contributed by atoms with E-state index in [1.54, 1.807) is 18.9 Å². The van der Waals surface area contributed by atoms with Crippen LogP contribution in [-0.4, -0.2) is 29.8 Å². The molecule has 0 spiro atoms. The molecule has 3 nitrogen and oxygen atoms in total. The Hall–Kier alpha value is -0.420. The maximum absolute atomic E-state index is 5.14. The maximum atomic E-state index is 5.14. The second kappa shape index (κ2) is 4.57. The van der Waals surface area contributed by atoms with E-state index < -0.39 is 0 Å². The number of methoxy groups -OCH3 is 1. The normalized spacial score (nSPS) is 9.92. The Morgan fingerprint density at radius 3 is 2.50 bits per heavy atom. The van der Waals surface area contributed by atoms with Crippen LogP contribution in [0.15, 0.2) is 16.1 Å². The van der Waals surface area contributed by atoms with Gasteiger partial charge in [-0.3, -0.25) is 0 Å². The van der Waals surface area contributed by atoms with Crippen molar-refractivity contribution in [2.75, 3.05) is 19.6 Å². The molecule has 0 aliphatic carbocycles. The van der Waals surface area contributed by atoms with Crippen molar-refractivity contribution < 1.29 is 4.74 Å². The minimum absolute atomic E-state index is 0.793. The summed E-state index contributed by atoms with van der Waals surface area (Å²) >= 11 is 3.09. The third-order valence-corrected chi connectivity index (χ3v) is 2.61. The molecule has 0 N–H and O–H groups in total. The number of thioether (sulfide) groups is 2. The molecular formula is C7H10N2OS2. The molecule has 0 atom stereocenters. The lowest BCUT2D eigenvalue weighted by molar-refractivity contribution is 0.396. The minimum atomic E-state index is 0.793. The van der Waals surface area contributed by atoms with Crippen molar-refractivity contribution >= 4 is 23.5 Å². The first-order chi connectivity index (χ1) is 5.81. The van der Waals surface area contributed by atoms with Crippen LogP contribution in [0.4, 0.5) is 0 Å². The Labute approximate surface area is 80.3 Å². The fraction of sp³-hybridized carbons (Fsp3) is 0.429. The molecule has 0 aliphatic rings. The van der Waals surface area contributed by atoms with Crippen LogP contribution in [0.1, 0.15) is 0 Å². The van der Waals surface area contributed by atoms with Gasteiger partial charge in [0, 0.05) is 6.07 Å². The van der Waals surface area contributed by atoms with E-state index >= 15 is 0 Å². The molecule has 1 heterocycles. The summed E-state index contributed by atoms with van der Waals surface area (Å²) in [5.41, 5.74) is 0. The van der Waals surface area contributed by atoms with E-state index in [2.05, 4.69) is 10.2 Å². The molecule has 0 radical (unpaired) electrons. The number of rotatable bonds is 3. The molecule has 0 saturated carbocycles. The van der Waals surface area contributed by atoms with Crippen LogP contribution in [0.25, 0.3) is 0 Å². The zero-order valence-corrected chi connectivity index (χ0v) is 8.83. The fourth-order valence-corrected chi connectivity index (χ4v) is 1.55. The van der Waals surface area contributed by atoms with Crippen LogP contribution >= 0.6 is 23.5 Å². The lowest BCUT2D eigenvalue weighted by Gasteiger charge is -2.04. The second-order valence-electron chi connectivity index (χ2n) is 1.96. The van der Waals surface area contributed by atoms with Gasteiger partial charge in [-0.2, -0.15) is 0 Å². The van der Waals surface area contributed by atoms with E-state index in [0.717, 1.165) is 15.8 Å². The van der Waals surface area contributed by atoms with Crippen LogP contribution in [0, 0.1) is 0 Å². The number of hydrogen-bond acceptors (Lipinski definition) is 5. The Morgan fingerprint density at radius 2 is 2.00 bits per heavy atom. The third-order valence-electron chi connectivity index (χ3n) is 1.33. The van der Waals surface area contributed by atoms with Gasteiger partial charge in [0.15, 0.2) is 10.8 Å². The first-order valence-electron chi connectivity index (χ1n) is 3.31. The molecule has 0 aromatic carbocycles. The van der Waals surface area contributed by atoms with E-state index in [0.29, 0.717) is 0 Å². The highest BCUT2D eigenvalue weighted by atomic mass is 32.2. The van der Waals surface area contributed by atoms with Crippen LogP contribution in [0.5, 0.6) is 5.75 Å². The van der Waals surface area contributed by atoms with E-state index in [-0.39, 0.29) is 0 Å². The highest BCUT2D eigenvalue weighted by molar-refractivity contribution is 7.99. The zero-order chi connectivity index (χ0) is 8.97. The van der Waals surface area contributed by atoms with E-state index in [1.807, 2.05) is 18.6 Å². The summed E-state index contributed by atoms with van der Waals surface area (Å²) in [7, 11) is 1.64. The van der Waals surface area contributed by atoms with E-state index in [9.17, 15) is 0 Å². The molecule has 1 rings (SSSR count). The van der Waals surface area contributed by atoms with Crippen LogP contribution < -0.4 is 4.74 Å². The lowest BCUT2D eigenvalue weighted by Crippen LogP contribution is -1.93. The van der Waals surface area contributed by atoms with Crippen molar-refractivity contribution in [3.8, 4) is 5.75 Å². The molecular weight excluding hydrogens is 192 g/mol. The number of nitrogens with zero attached hydrogens (tertiary/aromatic N) is 2. The predicted octanol–water partition coefficient (Wildman–Crippen LogP) is 1.93. The average Bonchev–Trinajstić information content (AvgIpc) is 2.16. The Balaban J connectivity index is 3.02. The molecule has 0 aliphatic heterocycles. The van der Waals surface area contributed by atoms with Gasteiger partial charge in [-0.25, -0.2) is 0 Å². The summed E-state index contributed by atoms with van der Waals surface area (Å²) in [5, 5.41) is 9.70. The number of ether oxygens (including phenoxy) is 1. The van der Waals surface area contributed by atoms with Gasteiger partial charge in [-0.1, -0.05) is 0 Å². The largest absolute Gasteiger partial charge is 0.494 e. The number of hydrogen-bond donors (Lipinski definition) is 0. The van der Waals surface area contributed by atoms with Crippen molar-refractivity contribution in [2.45, 2.75) is 10.1 Å². The van der Waals surface area contributed by atoms with Crippen LogP contribution in [-0.2, 0) is 0 Å². The molecule has 1 aromatic heterocycles. The lowest BCUT2D eigenvalue weighted by atomic mass is 10.5. The van der Waals surface area contributed by atoms with Gasteiger partial charge in [0.2, 0.25) is 0 Å². The maximum Gasteiger partial charge on any atom is 0.161 e. The van der Waals surface area contributed by atoms with Gasteiger partial charge in [0.25, 0.3) is 0 Å². The minimum Gasteiger partial charge on any atom is -0.494 e. The van der Waals surface area contributed by atoms with Crippen molar-refractivity contribution in [1.82, 2.24) is 10.2 Å². The van der Waals surface area contributed by atoms with Gasteiger partial charge in [0.1, 0.15) is 5.03 Å². The summed E-state index contributed by atoms with van der Waals surface area (Å²) in [4.78, 5) is 0. The summed E-state index contributed by atoms with van der Waals surface area (Å²) < 4.78 is 5.14. The molecule has 0 fully saturated rings. The standard InChI is InChI=1S/C7H10N2OS2/c1-10-5-4-6(11-2)8-9-7(5)12-3/h4H,1-3H3. The van der Waals surface area contributed by atoms with E-state index in [1.165, 1.54) is 11.8 Å². The number of aromatic nitrogens is 2. The third kappa shape index (κ3) is 2.04. The highest BCUT2D eigenvalue weighted by Crippen LogP contribution is 2.26. The quantitative estimate of drug-likeness (QED) is 0.700. The predicted molar refractivity (Wildman–Crippen MR) is 52.1 cm³/mol. The topological polar surface area (TPSA) is 35.0 Å². The van der Waals surface area contributed by atoms with Crippen LogP contribution in [0.3, 0.4) is 0 Å². The Morgan fingerprint density at radius 1 is 1.25 bits per heavy atom. The Kier molecular flexibility index (Phi) is 3.68. The molecule has 1 aromatic rings. The summed E-state index contributed by atoms with van der Waals surface area (Å²) in [6.45, 7) is 0. The van der Waals surface area contributed by atoms with Crippen molar-refractivity contribution in [3.63, 3.8) is 0 Å². The monoisotopic (exact) mass is 202 g/mol.